The molecule has 1 aliphatic heterocycles. The van der Waals surface area contributed by atoms with Crippen molar-refractivity contribution in [3.05, 3.63) is 23.8 Å². The van der Waals surface area contributed by atoms with Crippen molar-refractivity contribution in [2.45, 2.75) is 52.5 Å². The minimum atomic E-state index is 0.0368. The Balaban J connectivity index is 1.55. The van der Waals surface area contributed by atoms with E-state index >= 15 is 0 Å². The summed E-state index contributed by atoms with van der Waals surface area (Å²) < 4.78 is 0. The highest BCUT2D eigenvalue weighted by Crippen LogP contribution is 2.25. The van der Waals surface area contributed by atoms with E-state index in [2.05, 4.69) is 48.0 Å². The number of anilines is 2. The van der Waals surface area contributed by atoms with Crippen molar-refractivity contribution in [2.24, 2.45) is 0 Å². The molecule has 1 N–H and O–H groups in total. The van der Waals surface area contributed by atoms with Gasteiger partial charge >= 0.3 is 6.03 Å². The molecule has 0 radical (unpaired) electrons. The number of benzene rings is 1. The number of carbonyl (C=O) groups is 1. The number of urea groups is 1. The third kappa shape index (κ3) is 4.32. The standard InChI is InChI=1S/C21H34N4O/c1-4-23(5-2)19-10-11-20(17(3)16-19)22-21(26)25-14-12-24(13-15-25)18-8-6-7-9-18/h10-11,16,18H,4-9,12-15H2,1-3H3,(H,22,26). The summed E-state index contributed by atoms with van der Waals surface area (Å²) in [7, 11) is 0. The summed E-state index contributed by atoms with van der Waals surface area (Å²) in [6.07, 6.45) is 5.41. The molecule has 3 rings (SSSR count). The summed E-state index contributed by atoms with van der Waals surface area (Å²) in [5.41, 5.74) is 3.26. The first kappa shape index (κ1) is 19.0. The summed E-state index contributed by atoms with van der Waals surface area (Å²) in [5, 5.41) is 3.12. The zero-order chi connectivity index (χ0) is 18.5. The maximum absolute atomic E-state index is 12.7. The summed E-state index contributed by atoms with van der Waals surface area (Å²) >= 11 is 0. The fraction of sp³-hybridized carbons (Fsp3) is 0.667. The van der Waals surface area contributed by atoms with Gasteiger partial charge in [0.25, 0.3) is 0 Å². The number of carbonyl (C=O) groups excluding carboxylic acids is 1. The van der Waals surface area contributed by atoms with Gasteiger partial charge in [-0.3, -0.25) is 4.90 Å². The number of amides is 2. The summed E-state index contributed by atoms with van der Waals surface area (Å²) in [5.74, 6) is 0. The summed E-state index contributed by atoms with van der Waals surface area (Å²) in [4.78, 5) is 19.5. The lowest BCUT2D eigenvalue weighted by atomic mass is 10.1. The molecule has 0 spiro atoms. The Labute approximate surface area is 158 Å². The van der Waals surface area contributed by atoms with Gasteiger partial charge in [-0.05, 0) is 57.4 Å². The maximum Gasteiger partial charge on any atom is 0.321 e. The lowest BCUT2D eigenvalue weighted by Gasteiger charge is -2.38. The van der Waals surface area contributed by atoms with Crippen LogP contribution in [0.4, 0.5) is 16.2 Å². The Bertz CT molecular complexity index is 600. The van der Waals surface area contributed by atoms with Crippen molar-refractivity contribution < 1.29 is 4.79 Å². The van der Waals surface area contributed by atoms with Crippen LogP contribution in [0, 0.1) is 6.92 Å². The zero-order valence-electron chi connectivity index (χ0n) is 16.6. The Morgan fingerprint density at radius 3 is 2.35 bits per heavy atom. The van der Waals surface area contributed by atoms with Crippen LogP contribution in [0.3, 0.4) is 0 Å². The first-order valence-electron chi connectivity index (χ1n) is 10.3. The molecule has 1 saturated carbocycles. The number of piperazine rings is 1. The summed E-state index contributed by atoms with van der Waals surface area (Å²) in [6.45, 7) is 12.1. The van der Waals surface area contributed by atoms with E-state index in [0.29, 0.717) is 0 Å². The molecule has 2 aliphatic rings. The molecule has 26 heavy (non-hydrogen) atoms. The van der Waals surface area contributed by atoms with Gasteiger partial charge in [0.05, 0.1) is 0 Å². The molecule has 1 aliphatic carbocycles. The van der Waals surface area contributed by atoms with Crippen LogP contribution in [0.2, 0.25) is 0 Å². The molecule has 144 valence electrons. The van der Waals surface area contributed by atoms with E-state index < -0.39 is 0 Å². The Morgan fingerprint density at radius 2 is 1.77 bits per heavy atom. The Kier molecular flexibility index (Phi) is 6.41. The molecule has 2 amide bonds. The molecule has 5 heteroatoms. The second kappa shape index (κ2) is 8.76. The molecular formula is C21H34N4O. The highest BCUT2D eigenvalue weighted by molar-refractivity contribution is 5.90. The number of aryl methyl sites for hydroxylation is 1. The van der Waals surface area contributed by atoms with Crippen LogP contribution in [0.15, 0.2) is 18.2 Å². The third-order valence-corrected chi connectivity index (χ3v) is 6.02. The number of rotatable bonds is 5. The van der Waals surface area contributed by atoms with Crippen LogP contribution in [-0.4, -0.2) is 61.1 Å². The van der Waals surface area contributed by atoms with Crippen molar-refractivity contribution in [1.29, 1.82) is 0 Å². The molecule has 1 heterocycles. The highest BCUT2D eigenvalue weighted by atomic mass is 16.2. The van der Waals surface area contributed by atoms with Gasteiger partial charge in [-0.15, -0.1) is 0 Å². The second-order valence-corrected chi connectivity index (χ2v) is 7.56. The minimum Gasteiger partial charge on any atom is -0.372 e. The molecule has 0 atom stereocenters. The first-order valence-corrected chi connectivity index (χ1v) is 10.3. The zero-order valence-corrected chi connectivity index (χ0v) is 16.6. The number of hydrogen-bond acceptors (Lipinski definition) is 3. The van der Waals surface area contributed by atoms with Crippen molar-refractivity contribution >= 4 is 17.4 Å². The van der Waals surface area contributed by atoms with Crippen molar-refractivity contribution in [1.82, 2.24) is 9.80 Å². The second-order valence-electron chi connectivity index (χ2n) is 7.56. The summed E-state index contributed by atoms with van der Waals surface area (Å²) in [6, 6.07) is 7.11. The largest absolute Gasteiger partial charge is 0.372 e. The number of nitrogens with one attached hydrogen (secondary N) is 1. The molecule has 2 fully saturated rings. The fourth-order valence-corrected chi connectivity index (χ4v) is 4.33. The van der Waals surface area contributed by atoms with E-state index in [1.54, 1.807) is 0 Å². The fourth-order valence-electron chi connectivity index (χ4n) is 4.33. The van der Waals surface area contributed by atoms with Crippen molar-refractivity contribution in [2.75, 3.05) is 49.5 Å². The van der Waals surface area contributed by atoms with E-state index in [0.717, 1.165) is 56.6 Å². The van der Waals surface area contributed by atoms with Gasteiger partial charge in [0.1, 0.15) is 0 Å². The maximum atomic E-state index is 12.7. The van der Waals surface area contributed by atoms with E-state index in [4.69, 9.17) is 0 Å². The van der Waals surface area contributed by atoms with Crippen LogP contribution in [0.5, 0.6) is 0 Å². The molecule has 0 bridgehead atoms. The van der Waals surface area contributed by atoms with Gasteiger partial charge in [-0.2, -0.15) is 0 Å². The molecule has 5 nitrogen and oxygen atoms in total. The average Bonchev–Trinajstić information content (AvgIpc) is 3.19. The quantitative estimate of drug-likeness (QED) is 0.867. The van der Waals surface area contributed by atoms with Gasteiger partial charge in [-0.25, -0.2) is 4.79 Å². The topological polar surface area (TPSA) is 38.8 Å². The van der Waals surface area contributed by atoms with E-state index in [1.165, 1.54) is 31.4 Å². The molecule has 1 aromatic rings. The average molecular weight is 359 g/mol. The van der Waals surface area contributed by atoms with Gasteiger partial charge in [0, 0.05) is 56.7 Å². The van der Waals surface area contributed by atoms with Crippen LogP contribution >= 0.6 is 0 Å². The van der Waals surface area contributed by atoms with E-state index in [1.807, 2.05) is 11.0 Å². The molecule has 1 aromatic carbocycles. The Morgan fingerprint density at radius 1 is 1.12 bits per heavy atom. The predicted octanol–water partition coefficient (Wildman–Crippen LogP) is 3.93. The predicted molar refractivity (Wildman–Crippen MR) is 109 cm³/mol. The lowest BCUT2D eigenvalue weighted by Crippen LogP contribution is -2.52. The van der Waals surface area contributed by atoms with Crippen LogP contribution < -0.4 is 10.2 Å². The smallest absolute Gasteiger partial charge is 0.321 e. The van der Waals surface area contributed by atoms with Crippen LogP contribution in [0.1, 0.15) is 45.1 Å². The lowest BCUT2D eigenvalue weighted by molar-refractivity contribution is 0.115. The molecular weight excluding hydrogens is 324 g/mol. The van der Waals surface area contributed by atoms with Crippen molar-refractivity contribution in [3.8, 4) is 0 Å². The molecule has 1 saturated heterocycles. The Hall–Kier alpha value is -1.75. The normalized spacial score (nSPS) is 19.0. The van der Waals surface area contributed by atoms with Gasteiger partial charge in [0.15, 0.2) is 0 Å². The van der Waals surface area contributed by atoms with Gasteiger partial charge in [0.2, 0.25) is 0 Å². The number of nitrogens with zero attached hydrogens (tertiary/aromatic N) is 3. The molecule has 0 aromatic heterocycles. The third-order valence-electron chi connectivity index (χ3n) is 6.02. The number of hydrogen-bond donors (Lipinski definition) is 1. The molecule has 0 unspecified atom stereocenters. The van der Waals surface area contributed by atoms with Crippen LogP contribution in [0.25, 0.3) is 0 Å². The van der Waals surface area contributed by atoms with Gasteiger partial charge < -0.3 is 15.1 Å². The SMILES string of the molecule is CCN(CC)c1ccc(NC(=O)N2CCN(C3CCCC3)CC2)c(C)c1. The highest BCUT2D eigenvalue weighted by Gasteiger charge is 2.27. The van der Waals surface area contributed by atoms with Crippen molar-refractivity contribution in [3.63, 3.8) is 0 Å². The first-order chi connectivity index (χ1) is 12.6. The van der Waals surface area contributed by atoms with Crippen LogP contribution in [-0.2, 0) is 0 Å². The van der Waals surface area contributed by atoms with E-state index in [-0.39, 0.29) is 6.03 Å². The van der Waals surface area contributed by atoms with Gasteiger partial charge in [-0.1, -0.05) is 12.8 Å². The van der Waals surface area contributed by atoms with E-state index in [9.17, 15) is 4.79 Å². The monoisotopic (exact) mass is 358 g/mol. The minimum absolute atomic E-state index is 0.0368.